The number of carbonyl (C=O) groups is 4. The largest absolute Gasteiger partial charge is 0.357 e. The molecule has 4 amide bonds. The zero-order valence-electron chi connectivity index (χ0n) is 40.1. The molecule has 5 aliphatic heterocycles. The molecule has 5 aliphatic rings. The number of benzene rings is 5. The number of rotatable bonds is 13. The van der Waals surface area contributed by atoms with Gasteiger partial charge in [-0.3, -0.25) is 29.0 Å². The number of anilines is 3. The van der Waals surface area contributed by atoms with E-state index in [1.54, 1.807) is 9.80 Å². The van der Waals surface area contributed by atoms with Crippen molar-refractivity contribution in [1.82, 2.24) is 19.6 Å². The van der Waals surface area contributed by atoms with Gasteiger partial charge < -0.3 is 25.3 Å². The van der Waals surface area contributed by atoms with Crippen molar-refractivity contribution in [2.45, 2.75) is 113 Å². The molecule has 0 radical (unpaired) electrons. The SMILES string of the molecule is O=C(Nc1ccc([C@H]2CC[C@@H](c3ccc(NC(=O)[C@@H]4CCCN4C(=O)[C@@H](c4ccccc4)N4CCCCC4)cc3)N2c2ccc(F)cc2)cc1)[C@@H]1CCCN1C(=O)[C@@H](c1ccccc1)N1CCCCC1. The van der Waals surface area contributed by atoms with Crippen molar-refractivity contribution in [3.8, 4) is 0 Å². The Kier molecular flexibility index (Phi) is 14.7. The van der Waals surface area contributed by atoms with Gasteiger partial charge in [-0.05, 0) is 161 Å². The van der Waals surface area contributed by atoms with E-state index in [1.165, 1.54) is 25.0 Å². The van der Waals surface area contributed by atoms with E-state index in [-0.39, 0.29) is 41.5 Å². The Bertz CT molecular complexity index is 2410. The molecule has 70 heavy (non-hydrogen) atoms. The van der Waals surface area contributed by atoms with Crippen LogP contribution >= 0.6 is 0 Å². The molecule has 5 fully saturated rings. The van der Waals surface area contributed by atoms with Crippen molar-refractivity contribution in [3.05, 3.63) is 162 Å². The molecule has 2 N–H and O–H groups in total. The Morgan fingerprint density at radius 2 is 0.843 bits per heavy atom. The molecule has 11 nitrogen and oxygen atoms in total. The first-order valence-electron chi connectivity index (χ1n) is 25.9. The fourth-order valence-electron chi connectivity index (χ4n) is 12.0. The van der Waals surface area contributed by atoms with Crippen LogP contribution in [0.1, 0.15) is 123 Å². The van der Waals surface area contributed by atoms with Crippen LogP contribution < -0.4 is 15.5 Å². The quantitative estimate of drug-likeness (QED) is 0.121. The molecule has 12 heteroatoms. The van der Waals surface area contributed by atoms with Crippen molar-refractivity contribution >= 4 is 40.7 Å². The lowest BCUT2D eigenvalue weighted by Crippen LogP contribution is -2.49. The van der Waals surface area contributed by atoms with Crippen LogP contribution in [-0.2, 0) is 19.2 Å². The van der Waals surface area contributed by atoms with Crippen LogP contribution in [-0.4, -0.2) is 94.6 Å². The number of likely N-dealkylation sites (tertiary alicyclic amines) is 4. The van der Waals surface area contributed by atoms with Gasteiger partial charge in [-0.25, -0.2) is 4.39 Å². The zero-order chi connectivity index (χ0) is 48.0. The molecule has 5 aromatic rings. The second-order valence-corrected chi connectivity index (χ2v) is 19.9. The average Bonchev–Trinajstić information content (AvgIpc) is 4.21. The summed E-state index contributed by atoms with van der Waals surface area (Å²) in [6.45, 7) is 4.60. The van der Waals surface area contributed by atoms with Crippen molar-refractivity contribution in [3.63, 3.8) is 0 Å². The number of hydrogen-bond donors (Lipinski definition) is 2. The van der Waals surface area contributed by atoms with E-state index < -0.39 is 24.2 Å². The standard InChI is InChI=1S/C58H66FN7O4/c59-45-25-31-48(32-26-45)66-49(41-21-27-46(28-22-41)60-55(67)51-19-13-39-64(51)57(69)53(43-15-5-1-6-16-43)62-35-9-3-10-36-62)33-34-50(66)42-23-29-47(30-24-42)61-56(68)52-20-14-40-65(52)58(70)54(44-17-7-2-8-18-44)63-37-11-4-12-38-63/h1-2,5-8,15-18,21-32,49-54H,3-4,9-14,19-20,33-40H2,(H,60,67)(H,61,68)/t49-,50+,51-,52-,53+,54+/m0/s1. The van der Waals surface area contributed by atoms with E-state index in [0.717, 1.165) is 105 Å². The molecule has 0 unspecified atom stereocenters. The van der Waals surface area contributed by atoms with Gasteiger partial charge in [-0.2, -0.15) is 0 Å². The van der Waals surface area contributed by atoms with E-state index in [0.29, 0.717) is 37.3 Å². The number of nitrogens with zero attached hydrogens (tertiary/aromatic N) is 5. The lowest BCUT2D eigenvalue weighted by molar-refractivity contribution is -0.142. The summed E-state index contributed by atoms with van der Waals surface area (Å²) >= 11 is 0. The van der Waals surface area contributed by atoms with Gasteiger partial charge in [0.15, 0.2) is 0 Å². The summed E-state index contributed by atoms with van der Waals surface area (Å²) in [7, 11) is 0. The molecule has 364 valence electrons. The highest BCUT2D eigenvalue weighted by Gasteiger charge is 2.42. The fraction of sp³-hybridized carbons (Fsp3) is 0.414. The third kappa shape index (κ3) is 10.3. The smallest absolute Gasteiger partial charge is 0.247 e. The highest BCUT2D eigenvalue weighted by molar-refractivity contribution is 5.99. The van der Waals surface area contributed by atoms with Gasteiger partial charge in [0, 0.05) is 30.2 Å². The monoisotopic (exact) mass is 944 g/mol. The lowest BCUT2D eigenvalue weighted by atomic mass is 10.00. The first-order valence-corrected chi connectivity index (χ1v) is 25.9. The summed E-state index contributed by atoms with van der Waals surface area (Å²) in [5.41, 5.74) is 6.34. The van der Waals surface area contributed by atoms with Gasteiger partial charge in [0.1, 0.15) is 30.0 Å². The van der Waals surface area contributed by atoms with Gasteiger partial charge in [-0.1, -0.05) is 97.8 Å². The number of carbonyl (C=O) groups excluding carboxylic acids is 4. The van der Waals surface area contributed by atoms with E-state index in [2.05, 4.69) is 49.6 Å². The fourth-order valence-corrected chi connectivity index (χ4v) is 12.0. The molecule has 5 heterocycles. The van der Waals surface area contributed by atoms with Gasteiger partial charge in [-0.15, -0.1) is 0 Å². The third-order valence-corrected chi connectivity index (χ3v) is 15.5. The second kappa shape index (κ2) is 21.7. The maximum Gasteiger partial charge on any atom is 0.247 e. The van der Waals surface area contributed by atoms with Gasteiger partial charge in [0.2, 0.25) is 23.6 Å². The summed E-state index contributed by atoms with van der Waals surface area (Å²) in [4.78, 5) is 67.3. The first-order chi connectivity index (χ1) is 34.3. The van der Waals surface area contributed by atoms with Crippen molar-refractivity contribution < 1.29 is 23.6 Å². The maximum atomic E-state index is 14.4. The van der Waals surface area contributed by atoms with Crippen LogP contribution in [0.15, 0.2) is 133 Å². The number of halogens is 1. The highest BCUT2D eigenvalue weighted by atomic mass is 19.1. The molecule has 0 aliphatic carbocycles. The minimum Gasteiger partial charge on any atom is -0.357 e. The van der Waals surface area contributed by atoms with Gasteiger partial charge in [0.05, 0.1) is 12.1 Å². The van der Waals surface area contributed by atoms with Gasteiger partial charge >= 0.3 is 0 Å². The van der Waals surface area contributed by atoms with Crippen LogP contribution in [0, 0.1) is 5.82 Å². The number of amides is 4. The third-order valence-electron chi connectivity index (χ3n) is 15.5. The van der Waals surface area contributed by atoms with Crippen LogP contribution in [0.2, 0.25) is 0 Å². The van der Waals surface area contributed by atoms with Crippen LogP contribution in [0.5, 0.6) is 0 Å². The number of piperidine rings is 2. The first kappa shape index (κ1) is 47.3. The minimum atomic E-state index is -0.545. The van der Waals surface area contributed by atoms with Crippen molar-refractivity contribution in [2.75, 3.05) is 54.8 Å². The molecule has 0 spiro atoms. The Hall–Kier alpha value is -6.37. The van der Waals surface area contributed by atoms with E-state index in [1.807, 2.05) is 97.1 Å². The van der Waals surface area contributed by atoms with Crippen molar-refractivity contribution in [2.24, 2.45) is 0 Å². The molecular formula is C58H66FN7O4. The van der Waals surface area contributed by atoms with Gasteiger partial charge in [0.25, 0.3) is 0 Å². The second-order valence-electron chi connectivity index (χ2n) is 19.9. The van der Waals surface area contributed by atoms with E-state index in [9.17, 15) is 23.6 Å². The molecule has 6 atom stereocenters. The minimum absolute atomic E-state index is 0.00146. The summed E-state index contributed by atoms with van der Waals surface area (Å²) in [5, 5.41) is 6.29. The molecule has 5 aromatic carbocycles. The van der Waals surface area contributed by atoms with E-state index >= 15 is 0 Å². The molecule has 0 saturated carbocycles. The highest BCUT2D eigenvalue weighted by Crippen LogP contribution is 2.47. The van der Waals surface area contributed by atoms with Crippen LogP contribution in [0.25, 0.3) is 0 Å². The average molecular weight is 944 g/mol. The summed E-state index contributed by atoms with van der Waals surface area (Å²) < 4.78 is 14.3. The Balaban J connectivity index is 0.809. The summed E-state index contributed by atoms with van der Waals surface area (Å²) in [5.74, 6) is -0.638. The molecule has 0 aromatic heterocycles. The molecular weight excluding hydrogens is 878 g/mol. The summed E-state index contributed by atoms with van der Waals surface area (Å²) in [6, 6.07) is 40.7. The predicted molar refractivity (Wildman–Crippen MR) is 272 cm³/mol. The lowest BCUT2D eigenvalue weighted by Gasteiger charge is -2.37. The molecule has 10 rings (SSSR count). The number of nitrogens with one attached hydrogen (secondary N) is 2. The van der Waals surface area contributed by atoms with Crippen LogP contribution in [0.3, 0.4) is 0 Å². The maximum absolute atomic E-state index is 14.4. The molecule has 0 bridgehead atoms. The predicted octanol–water partition coefficient (Wildman–Crippen LogP) is 10.2. The topological polar surface area (TPSA) is 109 Å². The number of hydrogen-bond acceptors (Lipinski definition) is 7. The Morgan fingerprint density at radius 1 is 0.443 bits per heavy atom. The van der Waals surface area contributed by atoms with Crippen LogP contribution in [0.4, 0.5) is 21.5 Å². The summed E-state index contributed by atoms with van der Waals surface area (Å²) in [6.07, 6.45) is 11.1. The van der Waals surface area contributed by atoms with Crippen molar-refractivity contribution in [1.29, 1.82) is 0 Å². The Labute approximate surface area is 412 Å². The zero-order valence-corrected chi connectivity index (χ0v) is 40.1. The van der Waals surface area contributed by atoms with E-state index in [4.69, 9.17) is 0 Å². The Morgan fingerprint density at radius 3 is 1.24 bits per heavy atom. The molecule has 5 saturated heterocycles. The normalized spacial score (nSPS) is 23.0.